The molecule has 1 heterocycles. The number of nitrogens with one attached hydrogen (secondary N) is 1. The molecule has 0 unspecified atom stereocenters. The fourth-order valence-electron chi connectivity index (χ4n) is 2.95. The lowest BCUT2D eigenvalue weighted by molar-refractivity contribution is -0.141. The Labute approximate surface area is 142 Å². The summed E-state index contributed by atoms with van der Waals surface area (Å²) in [4.78, 5) is 19.6. The molecule has 2 aromatic rings. The minimum absolute atomic E-state index is 0.233. The maximum atomic E-state index is 13.0. The largest absolute Gasteiger partial charge is 0.344 e. The van der Waals surface area contributed by atoms with Crippen LogP contribution in [0.15, 0.2) is 24.3 Å². The number of benzene rings is 1. The van der Waals surface area contributed by atoms with Gasteiger partial charge < -0.3 is 10.2 Å². The van der Waals surface area contributed by atoms with E-state index < -0.39 is 0 Å². The van der Waals surface area contributed by atoms with Crippen molar-refractivity contribution in [2.24, 2.45) is 5.41 Å². The first-order chi connectivity index (χ1) is 11.1. The van der Waals surface area contributed by atoms with E-state index in [9.17, 15) is 4.79 Å². The first kappa shape index (κ1) is 17.9. The molecule has 0 atom stereocenters. The first-order valence-electron chi connectivity index (χ1n) is 8.31. The highest BCUT2D eigenvalue weighted by atomic mass is 32.1. The molecule has 0 aliphatic rings. The second-order valence-corrected chi connectivity index (χ2v) is 7.19. The van der Waals surface area contributed by atoms with E-state index in [0.29, 0.717) is 0 Å². The van der Waals surface area contributed by atoms with Crippen LogP contribution >= 0.6 is 11.3 Å². The molecule has 0 aliphatic heterocycles. The third-order valence-corrected chi connectivity index (χ3v) is 5.72. The maximum absolute atomic E-state index is 13.0. The lowest BCUT2D eigenvalue weighted by Gasteiger charge is -2.34. The molecule has 4 nitrogen and oxygen atoms in total. The quantitative estimate of drug-likeness (QED) is 0.806. The topological polar surface area (TPSA) is 45.2 Å². The Kier molecular flexibility index (Phi) is 6.13. The SMILES string of the molecule is CCC(CC)(Cc1nc2ccccc2s1)C(=O)N(C)CCNC. The molecule has 5 heteroatoms. The Hall–Kier alpha value is -1.46. The van der Waals surface area contributed by atoms with Gasteiger partial charge in [-0.3, -0.25) is 4.79 Å². The third-order valence-electron chi connectivity index (χ3n) is 4.68. The van der Waals surface area contributed by atoms with E-state index in [-0.39, 0.29) is 11.3 Å². The highest BCUT2D eigenvalue weighted by molar-refractivity contribution is 7.18. The first-order valence-corrected chi connectivity index (χ1v) is 9.12. The van der Waals surface area contributed by atoms with Crippen molar-refractivity contribution in [3.8, 4) is 0 Å². The van der Waals surface area contributed by atoms with E-state index in [4.69, 9.17) is 4.98 Å². The second kappa shape index (κ2) is 7.88. The number of hydrogen-bond donors (Lipinski definition) is 1. The highest BCUT2D eigenvalue weighted by Gasteiger charge is 2.37. The van der Waals surface area contributed by atoms with Crippen LogP contribution in [0.3, 0.4) is 0 Å². The zero-order valence-corrected chi connectivity index (χ0v) is 15.4. The summed E-state index contributed by atoms with van der Waals surface area (Å²) in [6.07, 6.45) is 2.40. The molecule has 1 N–H and O–H groups in total. The van der Waals surface area contributed by atoms with Crippen LogP contribution in [0.25, 0.3) is 10.2 Å². The van der Waals surface area contributed by atoms with Gasteiger partial charge in [-0.25, -0.2) is 4.98 Å². The summed E-state index contributed by atoms with van der Waals surface area (Å²) in [6, 6.07) is 8.18. The van der Waals surface area contributed by atoms with Gasteiger partial charge in [0.25, 0.3) is 0 Å². The zero-order valence-electron chi connectivity index (χ0n) is 14.6. The van der Waals surface area contributed by atoms with Gasteiger partial charge in [-0.05, 0) is 32.0 Å². The van der Waals surface area contributed by atoms with Crippen molar-refractivity contribution in [1.29, 1.82) is 0 Å². The number of aromatic nitrogens is 1. The molecule has 0 radical (unpaired) electrons. The van der Waals surface area contributed by atoms with Crippen molar-refractivity contribution >= 4 is 27.5 Å². The number of amides is 1. The second-order valence-electron chi connectivity index (χ2n) is 6.07. The molecule has 0 aliphatic carbocycles. The molecule has 0 fully saturated rings. The average molecular weight is 334 g/mol. The number of para-hydroxylation sites is 1. The van der Waals surface area contributed by atoms with Crippen LogP contribution in [0.2, 0.25) is 0 Å². The highest BCUT2D eigenvalue weighted by Crippen LogP contribution is 2.35. The van der Waals surface area contributed by atoms with E-state index in [2.05, 4.69) is 25.2 Å². The number of carbonyl (C=O) groups excluding carboxylic acids is 1. The molecule has 1 amide bonds. The standard InChI is InChI=1S/C18H27N3OS/c1-5-18(6-2,17(22)21(4)12-11-19-3)13-16-20-14-9-7-8-10-15(14)23-16/h7-10,19H,5-6,11-13H2,1-4H3. The average Bonchev–Trinajstić information content (AvgIpc) is 2.99. The van der Waals surface area contributed by atoms with Crippen LogP contribution in [0.1, 0.15) is 31.7 Å². The molecule has 2 rings (SSSR count). The summed E-state index contributed by atoms with van der Waals surface area (Å²) in [5.41, 5.74) is 0.681. The van der Waals surface area contributed by atoms with Crippen molar-refractivity contribution < 1.29 is 4.79 Å². The summed E-state index contributed by atoms with van der Waals surface area (Å²) in [6.45, 7) is 5.77. The summed E-state index contributed by atoms with van der Waals surface area (Å²) < 4.78 is 1.19. The molecule has 0 spiro atoms. The van der Waals surface area contributed by atoms with Gasteiger partial charge in [-0.1, -0.05) is 26.0 Å². The van der Waals surface area contributed by atoms with Gasteiger partial charge in [0.05, 0.1) is 20.6 Å². The number of nitrogens with zero attached hydrogens (tertiary/aromatic N) is 2. The van der Waals surface area contributed by atoms with Gasteiger partial charge in [0, 0.05) is 26.6 Å². The van der Waals surface area contributed by atoms with E-state index in [1.54, 1.807) is 11.3 Å². The van der Waals surface area contributed by atoms with Gasteiger partial charge in [0.2, 0.25) is 5.91 Å². The fraction of sp³-hybridized carbons (Fsp3) is 0.556. The van der Waals surface area contributed by atoms with Crippen LogP contribution in [-0.2, 0) is 11.2 Å². The Balaban J connectivity index is 2.23. The number of hydrogen-bond acceptors (Lipinski definition) is 4. The molecule has 0 saturated carbocycles. The van der Waals surface area contributed by atoms with Gasteiger partial charge in [-0.2, -0.15) is 0 Å². The molecule has 0 saturated heterocycles. The maximum Gasteiger partial charge on any atom is 0.228 e. The van der Waals surface area contributed by atoms with Crippen molar-refractivity contribution in [3.63, 3.8) is 0 Å². The zero-order chi connectivity index (χ0) is 16.9. The summed E-state index contributed by atoms with van der Waals surface area (Å²) in [5, 5.41) is 4.16. The van der Waals surface area contributed by atoms with E-state index in [0.717, 1.165) is 42.9 Å². The summed E-state index contributed by atoms with van der Waals surface area (Å²) >= 11 is 1.71. The van der Waals surface area contributed by atoms with Gasteiger partial charge in [0.15, 0.2) is 0 Å². The lowest BCUT2D eigenvalue weighted by Crippen LogP contribution is -2.44. The van der Waals surface area contributed by atoms with Gasteiger partial charge in [0.1, 0.15) is 0 Å². The number of likely N-dealkylation sites (N-methyl/N-ethyl adjacent to an activating group) is 2. The molecule has 0 bridgehead atoms. The molecular formula is C18H27N3OS. The Bertz CT molecular complexity index is 616. The van der Waals surface area contributed by atoms with Crippen molar-refractivity contribution in [2.75, 3.05) is 27.2 Å². The van der Waals surface area contributed by atoms with Crippen LogP contribution in [-0.4, -0.2) is 43.0 Å². The predicted molar refractivity (Wildman–Crippen MR) is 97.9 cm³/mol. The normalized spacial score (nSPS) is 11.8. The molecule has 1 aromatic heterocycles. The Morgan fingerprint density at radius 2 is 2.00 bits per heavy atom. The third kappa shape index (κ3) is 3.90. The van der Waals surface area contributed by atoms with Crippen LogP contribution in [0.5, 0.6) is 0 Å². The monoisotopic (exact) mass is 333 g/mol. The lowest BCUT2D eigenvalue weighted by atomic mass is 9.78. The molecule has 126 valence electrons. The van der Waals surface area contributed by atoms with E-state index >= 15 is 0 Å². The van der Waals surface area contributed by atoms with Gasteiger partial charge >= 0.3 is 0 Å². The minimum Gasteiger partial charge on any atom is -0.344 e. The van der Waals surface area contributed by atoms with E-state index in [1.807, 2.05) is 37.2 Å². The minimum atomic E-state index is -0.351. The number of carbonyl (C=O) groups is 1. The summed E-state index contributed by atoms with van der Waals surface area (Å²) in [5.74, 6) is 0.233. The molecule has 1 aromatic carbocycles. The van der Waals surface area contributed by atoms with Crippen molar-refractivity contribution in [1.82, 2.24) is 15.2 Å². The molecule has 23 heavy (non-hydrogen) atoms. The van der Waals surface area contributed by atoms with Crippen LogP contribution < -0.4 is 5.32 Å². The van der Waals surface area contributed by atoms with Crippen molar-refractivity contribution in [3.05, 3.63) is 29.3 Å². The summed E-state index contributed by atoms with van der Waals surface area (Å²) in [7, 11) is 3.81. The number of thiazole rings is 1. The molecular weight excluding hydrogens is 306 g/mol. The number of fused-ring (bicyclic) bond motifs is 1. The number of rotatable bonds is 8. The Morgan fingerprint density at radius 1 is 1.30 bits per heavy atom. The Morgan fingerprint density at radius 3 is 2.61 bits per heavy atom. The fourth-order valence-corrected chi connectivity index (χ4v) is 4.06. The van der Waals surface area contributed by atoms with Crippen LogP contribution in [0, 0.1) is 5.41 Å². The smallest absolute Gasteiger partial charge is 0.228 e. The van der Waals surface area contributed by atoms with Crippen molar-refractivity contribution in [2.45, 2.75) is 33.1 Å². The van der Waals surface area contributed by atoms with Gasteiger partial charge in [-0.15, -0.1) is 11.3 Å². The predicted octanol–water partition coefficient (Wildman–Crippen LogP) is 3.32. The van der Waals surface area contributed by atoms with E-state index in [1.165, 1.54) is 4.70 Å². The van der Waals surface area contributed by atoms with Crippen LogP contribution in [0.4, 0.5) is 0 Å².